The van der Waals surface area contributed by atoms with Crippen molar-refractivity contribution in [2.75, 3.05) is 7.11 Å². The Morgan fingerprint density at radius 2 is 2.31 bits per heavy atom. The van der Waals surface area contributed by atoms with Gasteiger partial charge >= 0.3 is 0 Å². The third-order valence-corrected chi connectivity index (χ3v) is 2.52. The Hall–Kier alpha value is -1.26. The number of rotatable bonds is 5. The van der Waals surface area contributed by atoms with Gasteiger partial charge in [0.05, 0.1) is 18.2 Å². The molecule has 0 saturated carbocycles. The molecule has 0 aliphatic carbocycles. The molecule has 1 unspecified atom stereocenters. The van der Waals surface area contributed by atoms with Crippen molar-refractivity contribution in [3.8, 4) is 5.75 Å². The summed E-state index contributed by atoms with van der Waals surface area (Å²) in [6.45, 7) is 0. The number of halogens is 1. The number of hydrogen-bond acceptors (Lipinski definition) is 3. The Labute approximate surface area is 99.0 Å². The summed E-state index contributed by atoms with van der Waals surface area (Å²) in [7, 11) is 1.52. The lowest BCUT2D eigenvalue weighted by molar-refractivity contribution is -0.118. The number of carbonyl (C=O) groups is 1. The number of methoxy groups -OCH3 is 1. The average molecular weight is 244 g/mol. The molecule has 0 aliphatic rings. The SMILES string of the molecule is COc1ccc(C(O)CCC(N)=O)cc1Cl. The fourth-order valence-electron chi connectivity index (χ4n) is 1.34. The summed E-state index contributed by atoms with van der Waals surface area (Å²) in [4.78, 5) is 10.6. The van der Waals surface area contributed by atoms with Crippen LogP contribution in [0.15, 0.2) is 18.2 Å². The highest BCUT2D eigenvalue weighted by atomic mass is 35.5. The molecule has 0 spiro atoms. The lowest BCUT2D eigenvalue weighted by atomic mass is 10.0. The number of carbonyl (C=O) groups excluding carboxylic acids is 1. The van der Waals surface area contributed by atoms with Gasteiger partial charge in [0.1, 0.15) is 5.75 Å². The lowest BCUT2D eigenvalue weighted by Gasteiger charge is -2.11. The van der Waals surface area contributed by atoms with Gasteiger partial charge in [-0.25, -0.2) is 0 Å². The molecule has 0 radical (unpaired) electrons. The molecule has 1 aromatic carbocycles. The van der Waals surface area contributed by atoms with Gasteiger partial charge in [-0.15, -0.1) is 0 Å². The molecule has 16 heavy (non-hydrogen) atoms. The monoisotopic (exact) mass is 243 g/mol. The molecule has 1 aromatic rings. The van der Waals surface area contributed by atoms with Crippen molar-refractivity contribution in [2.45, 2.75) is 18.9 Å². The van der Waals surface area contributed by atoms with Gasteiger partial charge in [0.15, 0.2) is 0 Å². The van der Waals surface area contributed by atoms with Gasteiger partial charge in [-0.1, -0.05) is 17.7 Å². The Balaban J connectivity index is 2.72. The van der Waals surface area contributed by atoms with E-state index in [9.17, 15) is 9.90 Å². The van der Waals surface area contributed by atoms with Gasteiger partial charge in [0.2, 0.25) is 5.91 Å². The molecule has 5 heteroatoms. The van der Waals surface area contributed by atoms with E-state index >= 15 is 0 Å². The Morgan fingerprint density at radius 1 is 1.62 bits per heavy atom. The normalized spacial score (nSPS) is 12.2. The fraction of sp³-hybridized carbons (Fsp3) is 0.364. The molecule has 0 bridgehead atoms. The summed E-state index contributed by atoms with van der Waals surface area (Å²) in [6, 6.07) is 4.99. The quantitative estimate of drug-likeness (QED) is 0.826. The number of primary amides is 1. The fourth-order valence-corrected chi connectivity index (χ4v) is 1.60. The standard InChI is InChI=1S/C11H14ClNO3/c1-16-10-4-2-7(6-8(10)12)9(14)3-5-11(13)15/h2,4,6,9,14H,3,5H2,1H3,(H2,13,15). The molecule has 3 N–H and O–H groups in total. The minimum atomic E-state index is -0.740. The van der Waals surface area contributed by atoms with Crippen molar-refractivity contribution in [2.24, 2.45) is 5.73 Å². The van der Waals surface area contributed by atoms with Crippen LogP contribution in [0.1, 0.15) is 24.5 Å². The lowest BCUT2D eigenvalue weighted by Crippen LogP contribution is -2.12. The number of amides is 1. The molecule has 0 heterocycles. The van der Waals surface area contributed by atoms with Gasteiger partial charge in [0.25, 0.3) is 0 Å². The van der Waals surface area contributed by atoms with E-state index in [1.165, 1.54) is 7.11 Å². The third kappa shape index (κ3) is 3.40. The van der Waals surface area contributed by atoms with Gasteiger partial charge < -0.3 is 15.6 Å². The highest BCUT2D eigenvalue weighted by Gasteiger charge is 2.11. The van der Waals surface area contributed by atoms with E-state index in [4.69, 9.17) is 22.1 Å². The van der Waals surface area contributed by atoms with Crippen LogP contribution in [-0.2, 0) is 4.79 Å². The zero-order valence-corrected chi connectivity index (χ0v) is 9.70. The summed E-state index contributed by atoms with van der Waals surface area (Å²) in [5.74, 6) is 0.117. The molecule has 1 amide bonds. The van der Waals surface area contributed by atoms with E-state index in [1.54, 1.807) is 18.2 Å². The van der Waals surface area contributed by atoms with Crippen LogP contribution in [-0.4, -0.2) is 18.1 Å². The largest absolute Gasteiger partial charge is 0.495 e. The van der Waals surface area contributed by atoms with Crippen LogP contribution in [0.5, 0.6) is 5.75 Å². The smallest absolute Gasteiger partial charge is 0.217 e. The molecule has 88 valence electrons. The molecule has 1 atom stereocenters. The van der Waals surface area contributed by atoms with Crippen molar-refractivity contribution in [1.82, 2.24) is 0 Å². The van der Waals surface area contributed by atoms with Gasteiger partial charge in [-0.2, -0.15) is 0 Å². The summed E-state index contributed by atoms with van der Waals surface area (Å²) >= 11 is 5.91. The first kappa shape index (κ1) is 12.8. The maximum Gasteiger partial charge on any atom is 0.217 e. The number of ether oxygens (including phenoxy) is 1. The van der Waals surface area contributed by atoms with E-state index < -0.39 is 12.0 Å². The number of benzene rings is 1. The summed E-state index contributed by atoms with van der Waals surface area (Å²) in [6.07, 6.45) is -0.307. The van der Waals surface area contributed by atoms with E-state index in [-0.39, 0.29) is 12.8 Å². The second-order valence-electron chi connectivity index (χ2n) is 3.41. The zero-order valence-electron chi connectivity index (χ0n) is 8.94. The van der Waals surface area contributed by atoms with Gasteiger partial charge in [-0.3, -0.25) is 4.79 Å². The topological polar surface area (TPSA) is 72.6 Å². The molecular weight excluding hydrogens is 230 g/mol. The number of aliphatic hydroxyl groups is 1. The molecule has 0 aliphatic heterocycles. The van der Waals surface area contributed by atoms with Crippen LogP contribution < -0.4 is 10.5 Å². The van der Waals surface area contributed by atoms with Crippen LogP contribution in [0.4, 0.5) is 0 Å². The summed E-state index contributed by atoms with van der Waals surface area (Å²) in [5.41, 5.74) is 5.64. The van der Waals surface area contributed by atoms with Crippen LogP contribution >= 0.6 is 11.6 Å². The van der Waals surface area contributed by atoms with Crippen LogP contribution in [0.2, 0.25) is 5.02 Å². The van der Waals surface area contributed by atoms with E-state index in [0.717, 1.165) is 0 Å². The van der Waals surface area contributed by atoms with Crippen molar-refractivity contribution in [3.05, 3.63) is 28.8 Å². The minimum Gasteiger partial charge on any atom is -0.495 e. The van der Waals surface area contributed by atoms with Crippen LogP contribution in [0.3, 0.4) is 0 Å². The Morgan fingerprint density at radius 3 is 2.81 bits per heavy atom. The molecule has 4 nitrogen and oxygen atoms in total. The van der Waals surface area contributed by atoms with Crippen molar-refractivity contribution in [3.63, 3.8) is 0 Å². The molecule has 0 saturated heterocycles. The summed E-state index contributed by atoms with van der Waals surface area (Å²) < 4.78 is 4.99. The van der Waals surface area contributed by atoms with Crippen LogP contribution in [0.25, 0.3) is 0 Å². The number of hydrogen-bond donors (Lipinski definition) is 2. The highest BCUT2D eigenvalue weighted by Crippen LogP contribution is 2.28. The maximum absolute atomic E-state index is 10.6. The predicted octanol–water partition coefficient (Wildman–Crippen LogP) is 1.65. The molecule has 0 aromatic heterocycles. The molecule has 1 rings (SSSR count). The van der Waals surface area contributed by atoms with E-state index in [2.05, 4.69) is 0 Å². The maximum atomic E-state index is 10.6. The first-order valence-corrected chi connectivity index (χ1v) is 5.22. The van der Waals surface area contributed by atoms with Gasteiger partial charge in [0, 0.05) is 6.42 Å². The zero-order chi connectivity index (χ0) is 12.1. The summed E-state index contributed by atoms with van der Waals surface area (Å²) in [5, 5.41) is 10.2. The van der Waals surface area contributed by atoms with E-state index in [0.29, 0.717) is 16.3 Å². The van der Waals surface area contributed by atoms with Crippen molar-refractivity contribution >= 4 is 17.5 Å². The highest BCUT2D eigenvalue weighted by molar-refractivity contribution is 6.32. The van der Waals surface area contributed by atoms with Gasteiger partial charge in [-0.05, 0) is 24.1 Å². The third-order valence-electron chi connectivity index (χ3n) is 2.22. The number of nitrogens with two attached hydrogens (primary N) is 1. The first-order chi connectivity index (χ1) is 7.54. The van der Waals surface area contributed by atoms with E-state index in [1.807, 2.05) is 0 Å². The second-order valence-corrected chi connectivity index (χ2v) is 3.82. The van der Waals surface area contributed by atoms with Crippen molar-refractivity contribution in [1.29, 1.82) is 0 Å². The van der Waals surface area contributed by atoms with Crippen LogP contribution in [0, 0.1) is 0 Å². The average Bonchev–Trinajstić information content (AvgIpc) is 2.25. The first-order valence-electron chi connectivity index (χ1n) is 4.84. The number of aliphatic hydroxyl groups excluding tert-OH is 1. The van der Waals surface area contributed by atoms with Crippen molar-refractivity contribution < 1.29 is 14.6 Å². The minimum absolute atomic E-state index is 0.144. The molecular formula is C11H14ClNO3. The second kappa shape index (κ2) is 5.72. The molecule has 0 fully saturated rings. The Bertz CT molecular complexity index is 381. The predicted molar refractivity (Wildman–Crippen MR) is 61.4 cm³/mol. The Kier molecular flexibility index (Phi) is 4.58.